The SMILES string of the molecule is CCc1ccnnc1Oc1ccccc1F. The second-order valence-corrected chi connectivity index (χ2v) is 3.25. The highest BCUT2D eigenvalue weighted by Gasteiger charge is 2.08. The van der Waals surface area contributed by atoms with Crippen LogP contribution in [-0.2, 0) is 6.42 Å². The molecule has 0 radical (unpaired) electrons. The third-order valence-electron chi connectivity index (χ3n) is 2.19. The van der Waals surface area contributed by atoms with Gasteiger partial charge in [-0.3, -0.25) is 0 Å². The smallest absolute Gasteiger partial charge is 0.242 e. The third-order valence-corrected chi connectivity index (χ3v) is 2.19. The molecule has 1 heterocycles. The van der Waals surface area contributed by atoms with E-state index in [2.05, 4.69) is 10.2 Å². The summed E-state index contributed by atoms with van der Waals surface area (Å²) in [6.07, 6.45) is 2.35. The molecular weight excluding hydrogens is 207 g/mol. The van der Waals surface area contributed by atoms with E-state index in [0.717, 1.165) is 12.0 Å². The van der Waals surface area contributed by atoms with Crippen LogP contribution in [0.5, 0.6) is 11.6 Å². The zero-order valence-corrected chi connectivity index (χ0v) is 8.85. The maximum absolute atomic E-state index is 13.3. The summed E-state index contributed by atoms with van der Waals surface area (Å²) in [6, 6.07) is 8.03. The highest BCUT2D eigenvalue weighted by molar-refractivity contribution is 5.31. The van der Waals surface area contributed by atoms with Gasteiger partial charge < -0.3 is 4.74 Å². The van der Waals surface area contributed by atoms with Gasteiger partial charge in [0.15, 0.2) is 11.6 Å². The molecule has 3 nitrogen and oxygen atoms in total. The molecule has 0 atom stereocenters. The van der Waals surface area contributed by atoms with Gasteiger partial charge in [0, 0.05) is 5.56 Å². The minimum atomic E-state index is -0.407. The Morgan fingerprint density at radius 2 is 2.06 bits per heavy atom. The van der Waals surface area contributed by atoms with Crippen molar-refractivity contribution in [2.75, 3.05) is 0 Å². The van der Waals surface area contributed by atoms with E-state index in [4.69, 9.17) is 4.74 Å². The molecule has 4 heteroatoms. The molecular formula is C12H11FN2O. The van der Waals surface area contributed by atoms with Gasteiger partial charge in [0.1, 0.15) is 0 Å². The molecule has 0 bridgehead atoms. The summed E-state index contributed by atoms with van der Waals surface area (Å²) in [5.74, 6) is 0.114. The highest BCUT2D eigenvalue weighted by Crippen LogP contribution is 2.24. The summed E-state index contributed by atoms with van der Waals surface area (Å²) >= 11 is 0. The normalized spacial score (nSPS) is 10.1. The fraction of sp³-hybridized carbons (Fsp3) is 0.167. The predicted molar refractivity (Wildman–Crippen MR) is 57.9 cm³/mol. The van der Waals surface area contributed by atoms with Crippen molar-refractivity contribution in [1.29, 1.82) is 0 Å². The summed E-state index contributed by atoms with van der Waals surface area (Å²) in [6.45, 7) is 1.98. The van der Waals surface area contributed by atoms with Gasteiger partial charge in [-0.1, -0.05) is 19.1 Å². The Hall–Kier alpha value is -1.97. The second kappa shape index (κ2) is 4.70. The standard InChI is InChI=1S/C12H11FN2O/c1-2-9-7-8-14-15-12(9)16-11-6-4-3-5-10(11)13/h3-8H,2H2,1H3. The zero-order chi connectivity index (χ0) is 11.4. The molecule has 0 fully saturated rings. The van der Waals surface area contributed by atoms with E-state index in [0.29, 0.717) is 5.88 Å². The third kappa shape index (κ3) is 2.16. The molecule has 0 unspecified atom stereocenters. The molecule has 16 heavy (non-hydrogen) atoms. The molecule has 2 rings (SSSR count). The van der Waals surface area contributed by atoms with Gasteiger partial charge in [-0.15, -0.1) is 5.10 Å². The maximum Gasteiger partial charge on any atom is 0.242 e. The average Bonchev–Trinajstić information content (AvgIpc) is 2.33. The number of para-hydroxylation sites is 1. The highest BCUT2D eigenvalue weighted by atomic mass is 19.1. The molecule has 0 aliphatic heterocycles. The van der Waals surface area contributed by atoms with Crippen molar-refractivity contribution in [3.8, 4) is 11.6 Å². The van der Waals surface area contributed by atoms with E-state index in [1.54, 1.807) is 24.4 Å². The van der Waals surface area contributed by atoms with Crippen LogP contribution in [0.2, 0.25) is 0 Å². The van der Waals surface area contributed by atoms with Gasteiger partial charge in [0.2, 0.25) is 5.88 Å². The van der Waals surface area contributed by atoms with Crippen LogP contribution in [0.3, 0.4) is 0 Å². The number of nitrogens with zero attached hydrogens (tertiary/aromatic N) is 2. The van der Waals surface area contributed by atoms with Gasteiger partial charge in [-0.25, -0.2) is 4.39 Å². The van der Waals surface area contributed by atoms with Crippen LogP contribution >= 0.6 is 0 Å². The van der Waals surface area contributed by atoms with E-state index in [-0.39, 0.29) is 5.75 Å². The molecule has 0 N–H and O–H groups in total. The largest absolute Gasteiger partial charge is 0.434 e. The molecule has 82 valence electrons. The topological polar surface area (TPSA) is 35.0 Å². The van der Waals surface area contributed by atoms with Crippen molar-refractivity contribution in [2.24, 2.45) is 0 Å². The number of halogens is 1. The predicted octanol–water partition coefficient (Wildman–Crippen LogP) is 2.97. The van der Waals surface area contributed by atoms with Crippen molar-refractivity contribution in [1.82, 2.24) is 10.2 Å². The Labute approximate surface area is 92.9 Å². The van der Waals surface area contributed by atoms with Crippen LogP contribution in [0.15, 0.2) is 36.5 Å². The van der Waals surface area contributed by atoms with Gasteiger partial charge in [-0.2, -0.15) is 5.10 Å². The first-order chi connectivity index (χ1) is 7.81. The van der Waals surface area contributed by atoms with Crippen LogP contribution < -0.4 is 4.74 Å². The van der Waals surface area contributed by atoms with E-state index >= 15 is 0 Å². The number of aromatic nitrogens is 2. The number of rotatable bonds is 3. The molecule has 0 amide bonds. The quantitative estimate of drug-likeness (QED) is 0.794. The molecule has 1 aromatic carbocycles. The van der Waals surface area contributed by atoms with Crippen LogP contribution in [0.25, 0.3) is 0 Å². The maximum atomic E-state index is 13.3. The Bertz CT molecular complexity index is 488. The summed E-state index contributed by atoms with van der Waals surface area (Å²) in [5, 5.41) is 7.57. The zero-order valence-electron chi connectivity index (χ0n) is 8.85. The number of hydrogen-bond donors (Lipinski definition) is 0. The molecule has 0 aliphatic rings. The Morgan fingerprint density at radius 3 is 2.81 bits per heavy atom. The first-order valence-electron chi connectivity index (χ1n) is 5.04. The minimum absolute atomic E-state index is 0.165. The Balaban J connectivity index is 2.30. The lowest BCUT2D eigenvalue weighted by Gasteiger charge is -2.07. The monoisotopic (exact) mass is 218 g/mol. The summed E-state index contributed by atoms with van der Waals surface area (Å²) < 4.78 is 18.7. The van der Waals surface area contributed by atoms with Gasteiger partial charge in [0.25, 0.3) is 0 Å². The Kier molecular flexibility index (Phi) is 3.10. The average molecular weight is 218 g/mol. The molecule has 1 aromatic heterocycles. The van der Waals surface area contributed by atoms with Crippen LogP contribution in [0.1, 0.15) is 12.5 Å². The van der Waals surface area contributed by atoms with Crippen molar-refractivity contribution in [3.63, 3.8) is 0 Å². The van der Waals surface area contributed by atoms with Crippen LogP contribution in [-0.4, -0.2) is 10.2 Å². The van der Waals surface area contributed by atoms with Crippen molar-refractivity contribution >= 4 is 0 Å². The Morgan fingerprint density at radius 1 is 1.25 bits per heavy atom. The lowest BCUT2D eigenvalue weighted by Crippen LogP contribution is -1.96. The molecule has 0 spiro atoms. The first-order valence-corrected chi connectivity index (χ1v) is 5.04. The molecule has 0 aliphatic carbocycles. The first kappa shape index (κ1) is 10.5. The summed E-state index contributed by atoms with van der Waals surface area (Å²) in [7, 11) is 0. The fourth-order valence-electron chi connectivity index (χ4n) is 1.33. The van der Waals surface area contributed by atoms with Gasteiger partial charge in [-0.05, 0) is 24.6 Å². The summed E-state index contributed by atoms with van der Waals surface area (Å²) in [5.41, 5.74) is 0.901. The molecule has 0 saturated carbocycles. The van der Waals surface area contributed by atoms with E-state index < -0.39 is 5.82 Å². The van der Waals surface area contributed by atoms with E-state index in [1.165, 1.54) is 6.07 Å². The number of hydrogen-bond acceptors (Lipinski definition) is 3. The number of ether oxygens (including phenoxy) is 1. The van der Waals surface area contributed by atoms with E-state index in [9.17, 15) is 4.39 Å². The fourth-order valence-corrected chi connectivity index (χ4v) is 1.33. The van der Waals surface area contributed by atoms with E-state index in [1.807, 2.05) is 13.0 Å². The van der Waals surface area contributed by atoms with Crippen LogP contribution in [0.4, 0.5) is 4.39 Å². The number of benzene rings is 1. The van der Waals surface area contributed by atoms with Crippen LogP contribution in [0, 0.1) is 5.82 Å². The minimum Gasteiger partial charge on any atom is -0.434 e. The second-order valence-electron chi connectivity index (χ2n) is 3.25. The molecule has 0 saturated heterocycles. The van der Waals surface area contributed by atoms with Gasteiger partial charge in [0.05, 0.1) is 6.20 Å². The number of aryl methyl sites for hydroxylation is 1. The lowest BCUT2D eigenvalue weighted by atomic mass is 10.2. The molecule has 2 aromatic rings. The van der Waals surface area contributed by atoms with Crippen molar-refractivity contribution in [2.45, 2.75) is 13.3 Å². The summed E-state index contributed by atoms with van der Waals surface area (Å²) in [4.78, 5) is 0. The van der Waals surface area contributed by atoms with Crippen molar-refractivity contribution < 1.29 is 9.13 Å². The van der Waals surface area contributed by atoms with Crippen molar-refractivity contribution in [3.05, 3.63) is 47.9 Å². The van der Waals surface area contributed by atoms with Gasteiger partial charge >= 0.3 is 0 Å². The lowest BCUT2D eigenvalue weighted by molar-refractivity contribution is 0.417.